The third kappa shape index (κ3) is 2.69. The van der Waals surface area contributed by atoms with E-state index >= 15 is 0 Å². The number of imidazole rings is 1. The van der Waals surface area contributed by atoms with Gasteiger partial charge in [-0.05, 0) is 6.42 Å². The molecule has 2 unspecified atom stereocenters. The summed E-state index contributed by atoms with van der Waals surface area (Å²) in [7, 11) is 0. The van der Waals surface area contributed by atoms with Crippen LogP contribution in [-0.2, 0) is 11.3 Å². The second kappa shape index (κ2) is 5.55. The van der Waals surface area contributed by atoms with Crippen LogP contribution >= 0.6 is 0 Å². The highest BCUT2D eigenvalue weighted by Crippen LogP contribution is 2.20. The minimum absolute atomic E-state index is 0.124. The molecule has 3 rings (SSSR count). The molecule has 2 N–H and O–H groups in total. The van der Waals surface area contributed by atoms with Gasteiger partial charge in [-0.15, -0.1) is 0 Å². The Morgan fingerprint density at radius 3 is 2.95 bits per heavy atom. The van der Waals surface area contributed by atoms with Crippen LogP contribution in [0.2, 0.25) is 0 Å². The van der Waals surface area contributed by atoms with Gasteiger partial charge in [0, 0.05) is 43.1 Å². The Bertz CT molecular complexity index is 517. The summed E-state index contributed by atoms with van der Waals surface area (Å²) in [4.78, 5) is 4.44. The van der Waals surface area contributed by atoms with Gasteiger partial charge in [0.2, 0.25) is 0 Å². The molecule has 1 aliphatic rings. The minimum atomic E-state index is 0.124. The molecular formula is C15H19N3O. The first-order valence-electron chi connectivity index (χ1n) is 6.74. The van der Waals surface area contributed by atoms with Crippen molar-refractivity contribution in [3.8, 4) is 11.4 Å². The molecule has 0 bridgehead atoms. The lowest BCUT2D eigenvalue weighted by Crippen LogP contribution is -2.34. The number of benzene rings is 1. The number of ether oxygens (including phenoxy) is 1. The van der Waals surface area contributed by atoms with Crippen LogP contribution in [0.4, 0.5) is 0 Å². The summed E-state index contributed by atoms with van der Waals surface area (Å²) in [6.07, 6.45) is 4.90. The molecule has 1 saturated heterocycles. The number of rotatable bonds is 4. The van der Waals surface area contributed by atoms with Gasteiger partial charge < -0.3 is 15.0 Å². The number of hydrogen-bond donors (Lipinski definition) is 1. The van der Waals surface area contributed by atoms with Crippen LogP contribution in [0.25, 0.3) is 11.4 Å². The van der Waals surface area contributed by atoms with E-state index in [-0.39, 0.29) is 6.04 Å². The standard InChI is InChI=1S/C15H19N3O/c16-14(13-6-9-19-11-13)10-18-8-7-17-15(18)12-4-2-1-3-5-12/h1-5,7-8,13-14H,6,9-11,16H2. The van der Waals surface area contributed by atoms with Crippen molar-refractivity contribution in [1.29, 1.82) is 0 Å². The molecule has 2 aromatic rings. The van der Waals surface area contributed by atoms with Crippen molar-refractivity contribution >= 4 is 0 Å². The Morgan fingerprint density at radius 1 is 1.37 bits per heavy atom. The molecule has 100 valence electrons. The monoisotopic (exact) mass is 257 g/mol. The molecule has 2 atom stereocenters. The fourth-order valence-corrected chi connectivity index (χ4v) is 2.57. The summed E-state index contributed by atoms with van der Waals surface area (Å²) >= 11 is 0. The van der Waals surface area contributed by atoms with Crippen molar-refractivity contribution in [2.75, 3.05) is 13.2 Å². The summed E-state index contributed by atoms with van der Waals surface area (Å²) < 4.78 is 7.54. The van der Waals surface area contributed by atoms with Gasteiger partial charge in [0.15, 0.2) is 0 Å². The van der Waals surface area contributed by atoms with Crippen molar-refractivity contribution in [3.05, 3.63) is 42.7 Å². The first-order chi connectivity index (χ1) is 9.34. The van der Waals surface area contributed by atoms with Gasteiger partial charge in [-0.3, -0.25) is 0 Å². The lowest BCUT2D eigenvalue weighted by molar-refractivity contribution is 0.179. The lowest BCUT2D eigenvalue weighted by atomic mass is 10.00. The molecule has 1 fully saturated rings. The van der Waals surface area contributed by atoms with Gasteiger partial charge in [0.05, 0.1) is 6.61 Å². The van der Waals surface area contributed by atoms with Crippen LogP contribution in [0.15, 0.2) is 42.7 Å². The van der Waals surface area contributed by atoms with E-state index in [4.69, 9.17) is 10.5 Å². The SMILES string of the molecule is NC(Cn1ccnc1-c1ccccc1)C1CCOC1. The summed E-state index contributed by atoms with van der Waals surface area (Å²) in [5.74, 6) is 1.45. The number of nitrogens with zero attached hydrogens (tertiary/aromatic N) is 2. The zero-order valence-electron chi connectivity index (χ0n) is 10.9. The van der Waals surface area contributed by atoms with Crippen LogP contribution in [0.3, 0.4) is 0 Å². The largest absolute Gasteiger partial charge is 0.381 e. The Balaban J connectivity index is 1.77. The summed E-state index contributed by atoms with van der Waals surface area (Å²) in [5, 5.41) is 0. The molecule has 19 heavy (non-hydrogen) atoms. The molecule has 1 aromatic heterocycles. The quantitative estimate of drug-likeness (QED) is 0.910. The molecule has 2 heterocycles. The van der Waals surface area contributed by atoms with Crippen molar-refractivity contribution in [2.45, 2.75) is 19.0 Å². The van der Waals surface area contributed by atoms with Gasteiger partial charge in [-0.25, -0.2) is 4.98 Å². The van der Waals surface area contributed by atoms with Gasteiger partial charge in [-0.1, -0.05) is 30.3 Å². The average molecular weight is 257 g/mol. The predicted octanol–water partition coefficient (Wildman–Crippen LogP) is 1.91. The third-order valence-corrected chi connectivity index (χ3v) is 3.73. The fraction of sp³-hybridized carbons (Fsp3) is 0.400. The van der Waals surface area contributed by atoms with Gasteiger partial charge >= 0.3 is 0 Å². The van der Waals surface area contributed by atoms with E-state index < -0.39 is 0 Å². The summed E-state index contributed by atoms with van der Waals surface area (Å²) in [5.41, 5.74) is 7.42. The van der Waals surface area contributed by atoms with E-state index in [1.54, 1.807) is 0 Å². The first kappa shape index (κ1) is 12.4. The third-order valence-electron chi connectivity index (χ3n) is 3.73. The maximum absolute atomic E-state index is 6.29. The van der Waals surface area contributed by atoms with Gasteiger partial charge in [-0.2, -0.15) is 0 Å². The molecule has 1 aliphatic heterocycles. The number of aromatic nitrogens is 2. The summed E-state index contributed by atoms with van der Waals surface area (Å²) in [6.45, 7) is 2.42. The highest BCUT2D eigenvalue weighted by Gasteiger charge is 2.23. The topological polar surface area (TPSA) is 53.1 Å². The smallest absolute Gasteiger partial charge is 0.139 e. The maximum atomic E-state index is 6.29. The Morgan fingerprint density at radius 2 is 2.21 bits per heavy atom. The van der Waals surface area contributed by atoms with Crippen LogP contribution in [0, 0.1) is 5.92 Å². The Kier molecular flexibility index (Phi) is 3.62. The van der Waals surface area contributed by atoms with Crippen LogP contribution < -0.4 is 5.73 Å². The predicted molar refractivity (Wildman–Crippen MR) is 74.6 cm³/mol. The lowest BCUT2D eigenvalue weighted by Gasteiger charge is -2.19. The van der Waals surface area contributed by atoms with Crippen LogP contribution in [0.1, 0.15) is 6.42 Å². The zero-order chi connectivity index (χ0) is 13.1. The molecule has 1 aromatic carbocycles. The molecule has 0 spiro atoms. The van der Waals surface area contributed by atoms with Crippen molar-refractivity contribution in [2.24, 2.45) is 11.7 Å². The normalized spacial score (nSPS) is 20.6. The molecule has 4 nitrogen and oxygen atoms in total. The molecule has 0 saturated carbocycles. The molecule has 0 aliphatic carbocycles. The number of nitrogens with two attached hydrogens (primary N) is 1. The van der Waals surface area contributed by atoms with Gasteiger partial charge in [0.25, 0.3) is 0 Å². The Hall–Kier alpha value is -1.65. The van der Waals surface area contributed by atoms with Crippen LogP contribution in [0.5, 0.6) is 0 Å². The van der Waals surface area contributed by atoms with Crippen molar-refractivity contribution in [3.63, 3.8) is 0 Å². The molecule has 0 radical (unpaired) electrons. The van der Waals surface area contributed by atoms with E-state index in [9.17, 15) is 0 Å². The van der Waals surface area contributed by atoms with Crippen LogP contribution in [-0.4, -0.2) is 28.8 Å². The highest BCUT2D eigenvalue weighted by molar-refractivity contribution is 5.55. The van der Waals surface area contributed by atoms with Gasteiger partial charge in [0.1, 0.15) is 5.82 Å². The van der Waals surface area contributed by atoms with E-state index in [1.807, 2.05) is 30.6 Å². The average Bonchev–Trinajstić information content (AvgIpc) is 3.11. The second-order valence-electron chi connectivity index (χ2n) is 5.06. The molecular weight excluding hydrogens is 238 g/mol. The highest BCUT2D eigenvalue weighted by atomic mass is 16.5. The molecule has 0 amide bonds. The van der Waals surface area contributed by atoms with E-state index in [2.05, 4.69) is 21.7 Å². The van der Waals surface area contributed by atoms with Crippen molar-refractivity contribution in [1.82, 2.24) is 9.55 Å². The van der Waals surface area contributed by atoms with E-state index in [1.165, 1.54) is 0 Å². The molecule has 4 heteroatoms. The van der Waals surface area contributed by atoms with Crippen molar-refractivity contribution < 1.29 is 4.74 Å². The second-order valence-corrected chi connectivity index (χ2v) is 5.06. The Labute approximate surface area is 113 Å². The van der Waals surface area contributed by atoms with E-state index in [0.717, 1.165) is 37.6 Å². The number of hydrogen-bond acceptors (Lipinski definition) is 3. The maximum Gasteiger partial charge on any atom is 0.139 e. The first-order valence-corrected chi connectivity index (χ1v) is 6.74. The van der Waals surface area contributed by atoms with E-state index in [0.29, 0.717) is 5.92 Å². The fourth-order valence-electron chi connectivity index (χ4n) is 2.57. The minimum Gasteiger partial charge on any atom is -0.381 e. The zero-order valence-corrected chi connectivity index (χ0v) is 10.9. The summed E-state index contributed by atoms with van der Waals surface area (Å²) in [6, 6.07) is 10.3.